The Morgan fingerprint density at radius 1 is 0.806 bits per heavy atom. The molecular formula is C29H36NO5P. The smallest absolute Gasteiger partial charge is 0.445 e. The van der Waals surface area contributed by atoms with E-state index in [-0.39, 0.29) is 12.5 Å². The molecule has 0 aliphatic rings. The van der Waals surface area contributed by atoms with Crippen LogP contribution in [0.3, 0.4) is 0 Å². The van der Waals surface area contributed by atoms with Crippen molar-refractivity contribution in [3.8, 4) is 11.5 Å². The number of benzene rings is 3. The summed E-state index contributed by atoms with van der Waals surface area (Å²) in [6, 6.07) is 20.4. The predicted molar refractivity (Wildman–Crippen MR) is 144 cm³/mol. The number of amides is 1. The Hall–Kier alpha value is -3.24. The highest BCUT2D eigenvalue weighted by atomic mass is 31.2. The average molecular weight is 510 g/mol. The van der Waals surface area contributed by atoms with Crippen LogP contribution in [0, 0.1) is 33.6 Å². The molecule has 1 atom stereocenters. The van der Waals surface area contributed by atoms with Gasteiger partial charge in [-0.1, -0.05) is 56.3 Å². The molecule has 0 aliphatic carbocycles. The van der Waals surface area contributed by atoms with E-state index in [1.807, 2.05) is 96.1 Å². The first-order valence-electron chi connectivity index (χ1n) is 12.2. The fourth-order valence-corrected chi connectivity index (χ4v) is 5.65. The van der Waals surface area contributed by atoms with Gasteiger partial charge in [0.2, 0.25) is 0 Å². The van der Waals surface area contributed by atoms with E-state index in [0.29, 0.717) is 17.9 Å². The monoisotopic (exact) mass is 509 g/mol. The van der Waals surface area contributed by atoms with E-state index in [4.69, 9.17) is 13.8 Å². The van der Waals surface area contributed by atoms with Crippen LogP contribution in [0.4, 0.5) is 4.79 Å². The minimum Gasteiger partial charge on any atom is -0.445 e. The first-order valence-corrected chi connectivity index (χ1v) is 13.8. The SMILES string of the molecule is Cc1ccc(OP(=O)(Oc2ccc(C)c(C)c2)C(CC(C)C)NC(=O)OCc2ccccc2)cc1C. The molecule has 0 bridgehead atoms. The Morgan fingerprint density at radius 2 is 1.33 bits per heavy atom. The standard InChI is InChI=1S/C29H36NO5P/c1-20(2)16-28(30-29(31)33-19-25-10-8-7-9-11-25)36(32,34-26-14-12-21(3)23(5)17-26)35-27-15-13-22(4)24(6)18-27/h7-15,17-18,20,28H,16,19H2,1-6H3,(H,30,31). The van der Waals surface area contributed by atoms with E-state index >= 15 is 0 Å². The van der Waals surface area contributed by atoms with Gasteiger partial charge in [-0.15, -0.1) is 0 Å². The van der Waals surface area contributed by atoms with Crippen molar-refractivity contribution in [2.75, 3.05) is 0 Å². The first kappa shape index (κ1) is 27.3. The number of carbonyl (C=O) groups excluding carboxylic acids is 1. The fraction of sp³-hybridized carbons (Fsp3) is 0.345. The number of aryl methyl sites for hydroxylation is 4. The number of rotatable bonds is 10. The van der Waals surface area contributed by atoms with Crippen LogP contribution < -0.4 is 14.4 Å². The number of carbonyl (C=O) groups is 1. The zero-order valence-electron chi connectivity index (χ0n) is 21.9. The fourth-order valence-electron chi connectivity index (χ4n) is 3.60. The first-order chi connectivity index (χ1) is 17.1. The van der Waals surface area contributed by atoms with Gasteiger partial charge in [-0.05, 0) is 92.1 Å². The minimum atomic E-state index is -3.96. The highest BCUT2D eigenvalue weighted by molar-refractivity contribution is 7.55. The molecule has 1 unspecified atom stereocenters. The summed E-state index contributed by atoms with van der Waals surface area (Å²) >= 11 is 0. The van der Waals surface area contributed by atoms with E-state index in [1.165, 1.54) is 0 Å². The molecule has 0 aromatic heterocycles. The second-order valence-electron chi connectivity index (χ2n) is 9.57. The third kappa shape index (κ3) is 7.63. The zero-order chi connectivity index (χ0) is 26.3. The molecule has 36 heavy (non-hydrogen) atoms. The minimum absolute atomic E-state index is 0.0986. The molecule has 1 N–H and O–H groups in total. The van der Waals surface area contributed by atoms with Crippen LogP contribution in [0.15, 0.2) is 66.7 Å². The summed E-state index contributed by atoms with van der Waals surface area (Å²) in [5, 5.41) is 2.78. The maximum Gasteiger partial charge on any atom is 0.453 e. The summed E-state index contributed by atoms with van der Waals surface area (Å²) in [7, 11) is -3.96. The summed E-state index contributed by atoms with van der Waals surface area (Å²) in [5.41, 5.74) is 5.04. The molecule has 0 radical (unpaired) electrons. The quantitative estimate of drug-likeness (QED) is 0.282. The Kier molecular flexibility index (Phi) is 9.22. The molecular weight excluding hydrogens is 473 g/mol. The van der Waals surface area contributed by atoms with E-state index in [1.54, 1.807) is 12.1 Å². The number of nitrogens with one attached hydrogen (secondary N) is 1. The van der Waals surface area contributed by atoms with Crippen molar-refractivity contribution in [2.24, 2.45) is 5.92 Å². The molecule has 0 aliphatic heterocycles. The maximum atomic E-state index is 14.5. The molecule has 192 valence electrons. The lowest BCUT2D eigenvalue weighted by molar-refractivity contribution is 0.136. The summed E-state index contributed by atoms with van der Waals surface area (Å²) in [4.78, 5) is 12.8. The van der Waals surface area contributed by atoms with Crippen molar-refractivity contribution in [3.05, 3.63) is 94.5 Å². The molecule has 6 nitrogen and oxygen atoms in total. The van der Waals surface area contributed by atoms with E-state index in [2.05, 4.69) is 5.32 Å². The Labute approximate surface area is 214 Å². The Morgan fingerprint density at radius 3 is 1.81 bits per heavy atom. The van der Waals surface area contributed by atoms with Crippen molar-refractivity contribution >= 4 is 13.7 Å². The van der Waals surface area contributed by atoms with Crippen molar-refractivity contribution < 1.29 is 23.1 Å². The topological polar surface area (TPSA) is 73.9 Å². The van der Waals surface area contributed by atoms with Gasteiger partial charge in [0, 0.05) is 0 Å². The maximum absolute atomic E-state index is 14.5. The van der Waals surface area contributed by atoms with Crippen LogP contribution in [0.25, 0.3) is 0 Å². The molecule has 0 saturated heterocycles. The second-order valence-corrected chi connectivity index (χ2v) is 11.6. The van der Waals surface area contributed by atoms with Gasteiger partial charge in [0.15, 0.2) is 5.78 Å². The molecule has 0 saturated carbocycles. The van der Waals surface area contributed by atoms with Crippen LogP contribution in [-0.4, -0.2) is 11.9 Å². The van der Waals surface area contributed by atoms with Gasteiger partial charge >= 0.3 is 13.7 Å². The Bertz CT molecular complexity index is 1170. The lowest BCUT2D eigenvalue weighted by atomic mass is 10.1. The number of hydrogen-bond acceptors (Lipinski definition) is 5. The predicted octanol–water partition coefficient (Wildman–Crippen LogP) is 7.87. The number of hydrogen-bond donors (Lipinski definition) is 1. The van der Waals surface area contributed by atoms with Gasteiger partial charge in [-0.25, -0.2) is 9.36 Å². The van der Waals surface area contributed by atoms with Crippen molar-refractivity contribution in [3.63, 3.8) is 0 Å². The molecule has 3 aromatic rings. The third-order valence-corrected chi connectivity index (χ3v) is 8.03. The summed E-state index contributed by atoms with van der Waals surface area (Å²) < 4.78 is 32.1. The van der Waals surface area contributed by atoms with Gasteiger partial charge in [-0.2, -0.15) is 0 Å². The average Bonchev–Trinajstić information content (AvgIpc) is 2.82. The lowest BCUT2D eigenvalue weighted by Gasteiger charge is -2.29. The number of ether oxygens (including phenoxy) is 1. The number of alkyl carbamates (subject to hydrolysis) is 1. The molecule has 7 heteroatoms. The summed E-state index contributed by atoms with van der Waals surface area (Å²) in [6.45, 7) is 12.0. The van der Waals surface area contributed by atoms with E-state index in [9.17, 15) is 9.36 Å². The van der Waals surface area contributed by atoms with Crippen LogP contribution >= 0.6 is 7.60 Å². The van der Waals surface area contributed by atoms with Crippen LogP contribution in [0.2, 0.25) is 0 Å². The molecule has 3 aromatic carbocycles. The summed E-state index contributed by atoms with van der Waals surface area (Å²) in [6.07, 6.45) is -0.315. The van der Waals surface area contributed by atoms with Gasteiger partial charge in [0.05, 0.1) is 0 Å². The van der Waals surface area contributed by atoms with Gasteiger partial charge in [0.1, 0.15) is 18.1 Å². The van der Waals surface area contributed by atoms with Crippen molar-refractivity contribution in [1.82, 2.24) is 5.32 Å². The molecule has 1 amide bonds. The van der Waals surface area contributed by atoms with Gasteiger partial charge in [0.25, 0.3) is 0 Å². The van der Waals surface area contributed by atoms with E-state index in [0.717, 1.165) is 27.8 Å². The van der Waals surface area contributed by atoms with Gasteiger partial charge < -0.3 is 19.1 Å². The zero-order valence-corrected chi connectivity index (χ0v) is 22.8. The highest BCUT2D eigenvalue weighted by Gasteiger charge is 2.41. The molecule has 0 heterocycles. The molecule has 3 rings (SSSR count). The van der Waals surface area contributed by atoms with Crippen LogP contribution in [-0.2, 0) is 15.9 Å². The van der Waals surface area contributed by atoms with Crippen molar-refractivity contribution in [1.29, 1.82) is 0 Å². The van der Waals surface area contributed by atoms with Crippen LogP contribution in [0.5, 0.6) is 11.5 Å². The largest absolute Gasteiger partial charge is 0.453 e. The second kappa shape index (κ2) is 12.1. The molecule has 0 spiro atoms. The highest BCUT2D eigenvalue weighted by Crippen LogP contribution is 2.54. The van der Waals surface area contributed by atoms with E-state index < -0.39 is 19.5 Å². The van der Waals surface area contributed by atoms with Crippen LogP contribution in [0.1, 0.15) is 48.1 Å². The lowest BCUT2D eigenvalue weighted by Crippen LogP contribution is -2.38. The third-order valence-electron chi connectivity index (χ3n) is 6.00. The van der Waals surface area contributed by atoms with Gasteiger partial charge in [-0.3, -0.25) is 0 Å². The Balaban J connectivity index is 1.91. The van der Waals surface area contributed by atoms with Crippen molar-refractivity contribution in [2.45, 2.75) is 60.4 Å². The molecule has 0 fully saturated rings. The normalized spacial score (nSPS) is 12.2. The summed E-state index contributed by atoms with van der Waals surface area (Å²) in [5.74, 6) is 0.00500.